The van der Waals surface area contributed by atoms with E-state index in [0.717, 1.165) is 24.0 Å². The third kappa shape index (κ3) is 2.26. The zero-order valence-corrected chi connectivity index (χ0v) is 11.0. The topological polar surface area (TPSA) is 66.3 Å². The quantitative estimate of drug-likeness (QED) is 0.894. The van der Waals surface area contributed by atoms with E-state index in [1.165, 1.54) is 11.5 Å². The molecule has 0 bridgehead atoms. The molecule has 1 N–H and O–H groups in total. The predicted octanol–water partition coefficient (Wildman–Crippen LogP) is 1.93. The lowest BCUT2D eigenvalue weighted by Crippen LogP contribution is -2.44. The first kappa shape index (κ1) is 12.3. The predicted molar refractivity (Wildman–Crippen MR) is 66.5 cm³/mol. The number of anilines is 1. The van der Waals surface area contributed by atoms with Gasteiger partial charge in [0, 0.05) is 24.6 Å². The zero-order valence-electron chi connectivity index (χ0n) is 10.1. The Kier molecular flexibility index (Phi) is 3.33. The van der Waals surface area contributed by atoms with Gasteiger partial charge in [0.05, 0.1) is 5.41 Å². The van der Waals surface area contributed by atoms with E-state index >= 15 is 0 Å². The summed E-state index contributed by atoms with van der Waals surface area (Å²) in [7, 11) is 0. The first-order valence-corrected chi connectivity index (χ1v) is 6.63. The van der Waals surface area contributed by atoms with E-state index in [1.807, 2.05) is 13.8 Å². The van der Waals surface area contributed by atoms with Crippen LogP contribution in [0.5, 0.6) is 0 Å². The zero-order chi connectivity index (χ0) is 12.5. The summed E-state index contributed by atoms with van der Waals surface area (Å²) in [5.41, 5.74) is -0.532. The lowest BCUT2D eigenvalue weighted by atomic mass is 9.76. The number of carboxylic acid groups (broad SMARTS) is 1. The van der Waals surface area contributed by atoms with Crippen molar-refractivity contribution in [1.29, 1.82) is 0 Å². The standard InChI is InChI=1S/C11H17N3O2S/c1-3-11(9(15)16)4-6-14(7-5-11)10-12-8(2)13-17-10/h3-7H2,1-2H3,(H,15,16). The van der Waals surface area contributed by atoms with Gasteiger partial charge in [0.1, 0.15) is 5.82 Å². The number of hydrogen-bond donors (Lipinski definition) is 1. The van der Waals surface area contributed by atoms with Gasteiger partial charge in [-0.15, -0.1) is 0 Å². The Morgan fingerprint density at radius 3 is 2.59 bits per heavy atom. The molecule has 0 radical (unpaired) electrons. The van der Waals surface area contributed by atoms with E-state index in [9.17, 15) is 9.90 Å². The van der Waals surface area contributed by atoms with Crippen molar-refractivity contribution in [2.45, 2.75) is 33.1 Å². The fraction of sp³-hybridized carbons (Fsp3) is 0.727. The van der Waals surface area contributed by atoms with E-state index in [4.69, 9.17) is 0 Å². The van der Waals surface area contributed by atoms with Crippen LogP contribution < -0.4 is 4.90 Å². The molecule has 2 rings (SSSR count). The number of carboxylic acids is 1. The molecule has 0 spiro atoms. The number of carbonyl (C=O) groups is 1. The maximum absolute atomic E-state index is 11.3. The third-order valence-electron chi connectivity index (χ3n) is 3.64. The maximum atomic E-state index is 11.3. The Balaban J connectivity index is 2.05. The molecule has 0 unspecified atom stereocenters. The Hall–Kier alpha value is -1.17. The smallest absolute Gasteiger partial charge is 0.309 e. The van der Waals surface area contributed by atoms with Gasteiger partial charge >= 0.3 is 5.97 Å². The Morgan fingerprint density at radius 1 is 1.53 bits per heavy atom. The maximum Gasteiger partial charge on any atom is 0.309 e. The highest BCUT2D eigenvalue weighted by Gasteiger charge is 2.40. The van der Waals surface area contributed by atoms with Crippen molar-refractivity contribution >= 4 is 22.6 Å². The minimum Gasteiger partial charge on any atom is -0.481 e. The van der Waals surface area contributed by atoms with Crippen LogP contribution >= 0.6 is 11.5 Å². The molecule has 1 saturated heterocycles. The van der Waals surface area contributed by atoms with Crippen LogP contribution in [0, 0.1) is 12.3 Å². The second-order valence-corrected chi connectivity index (χ2v) is 5.28. The van der Waals surface area contributed by atoms with Gasteiger partial charge in [-0.05, 0) is 26.2 Å². The molecule has 6 heteroatoms. The molecule has 1 fully saturated rings. The first-order valence-electron chi connectivity index (χ1n) is 5.86. The highest BCUT2D eigenvalue weighted by atomic mass is 32.1. The Labute approximate surface area is 105 Å². The van der Waals surface area contributed by atoms with Gasteiger partial charge in [-0.1, -0.05) is 6.92 Å². The van der Waals surface area contributed by atoms with Crippen molar-refractivity contribution in [2.75, 3.05) is 18.0 Å². The van der Waals surface area contributed by atoms with E-state index in [2.05, 4.69) is 14.3 Å². The lowest BCUT2D eigenvalue weighted by molar-refractivity contribution is -0.150. The average molecular weight is 255 g/mol. The largest absolute Gasteiger partial charge is 0.481 e. The molecule has 1 aromatic heterocycles. The van der Waals surface area contributed by atoms with Gasteiger partial charge in [-0.2, -0.15) is 4.37 Å². The summed E-state index contributed by atoms with van der Waals surface area (Å²) >= 11 is 1.39. The molecule has 1 aliphatic rings. The van der Waals surface area contributed by atoms with Crippen LogP contribution in [0.4, 0.5) is 5.13 Å². The summed E-state index contributed by atoms with van der Waals surface area (Å²) < 4.78 is 4.16. The molecule has 0 aromatic carbocycles. The summed E-state index contributed by atoms with van der Waals surface area (Å²) in [6, 6.07) is 0. The number of hydrogen-bond acceptors (Lipinski definition) is 5. The second-order valence-electron chi connectivity index (χ2n) is 4.55. The Bertz CT molecular complexity index is 411. The van der Waals surface area contributed by atoms with Crippen LogP contribution in [0.25, 0.3) is 0 Å². The van der Waals surface area contributed by atoms with Crippen LogP contribution in [0.3, 0.4) is 0 Å². The monoisotopic (exact) mass is 255 g/mol. The SMILES string of the molecule is CCC1(C(=O)O)CCN(c2nc(C)ns2)CC1. The first-order chi connectivity index (χ1) is 8.07. The van der Waals surface area contributed by atoms with Crippen LogP contribution in [0.1, 0.15) is 32.0 Å². The van der Waals surface area contributed by atoms with Crippen LogP contribution in [-0.2, 0) is 4.79 Å². The van der Waals surface area contributed by atoms with Crippen molar-refractivity contribution in [3.8, 4) is 0 Å². The average Bonchev–Trinajstić information content (AvgIpc) is 2.76. The lowest BCUT2D eigenvalue weighted by Gasteiger charge is -2.38. The highest BCUT2D eigenvalue weighted by Crippen LogP contribution is 2.36. The van der Waals surface area contributed by atoms with E-state index in [0.29, 0.717) is 19.3 Å². The van der Waals surface area contributed by atoms with Crippen molar-refractivity contribution in [1.82, 2.24) is 9.36 Å². The molecule has 17 heavy (non-hydrogen) atoms. The number of aryl methyl sites for hydroxylation is 1. The van der Waals surface area contributed by atoms with Crippen molar-refractivity contribution in [3.05, 3.63) is 5.82 Å². The van der Waals surface area contributed by atoms with Crippen LogP contribution in [-0.4, -0.2) is 33.5 Å². The molecule has 0 amide bonds. The highest BCUT2D eigenvalue weighted by molar-refractivity contribution is 7.09. The molecule has 2 heterocycles. The number of piperidine rings is 1. The van der Waals surface area contributed by atoms with Crippen LogP contribution in [0.15, 0.2) is 0 Å². The summed E-state index contributed by atoms with van der Waals surface area (Å²) in [5.74, 6) is 0.128. The fourth-order valence-electron chi connectivity index (χ4n) is 2.26. The van der Waals surface area contributed by atoms with Gasteiger partial charge < -0.3 is 10.0 Å². The minimum atomic E-state index is -0.659. The second kappa shape index (κ2) is 4.60. The third-order valence-corrected chi connectivity index (χ3v) is 4.51. The molecule has 94 valence electrons. The van der Waals surface area contributed by atoms with Gasteiger partial charge in [0.25, 0.3) is 0 Å². The minimum absolute atomic E-state index is 0.532. The fourth-order valence-corrected chi connectivity index (χ4v) is 2.98. The summed E-state index contributed by atoms with van der Waals surface area (Å²) in [6.07, 6.45) is 2.08. The van der Waals surface area contributed by atoms with Gasteiger partial charge in [-0.25, -0.2) is 4.98 Å². The van der Waals surface area contributed by atoms with E-state index in [1.54, 1.807) is 0 Å². The summed E-state index contributed by atoms with van der Waals surface area (Å²) in [4.78, 5) is 17.8. The molecule has 0 atom stereocenters. The number of nitrogens with zero attached hydrogens (tertiary/aromatic N) is 3. The van der Waals surface area contributed by atoms with Gasteiger partial charge in [0.15, 0.2) is 0 Å². The van der Waals surface area contributed by atoms with E-state index < -0.39 is 11.4 Å². The Morgan fingerprint density at radius 2 is 2.18 bits per heavy atom. The normalized spacial score (nSPS) is 19.3. The van der Waals surface area contributed by atoms with Gasteiger partial charge in [-0.3, -0.25) is 4.79 Å². The molecule has 1 aliphatic heterocycles. The van der Waals surface area contributed by atoms with Gasteiger partial charge in [0.2, 0.25) is 5.13 Å². The molecular formula is C11H17N3O2S. The van der Waals surface area contributed by atoms with E-state index in [-0.39, 0.29) is 0 Å². The molecule has 5 nitrogen and oxygen atoms in total. The van der Waals surface area contributed by atoms with Crippen molar-refractivity contribution in [2.24, 2.45) is 5.41 Å². The summed E-state index contributed by atoms with van der Waals surface area (Å²) in [5, 5.41) is 10.2. The molecule has 1 aromatic rings. The molecular weight excluding hydrogens is 238 g/mol. The van der Waals surface area contributed by atoms with Crippen LogP contribution in [0.2, 0.25) is 0 Å². The van der Waals surface area contributed by atoms with Crippen molar-refractivity contribution in [3.63, 3.8) is 0 Å². The molecule has 0 saturated carbocycles. The molecule has 0 aliphatic carbocycles. The number of aliphatic carboxylic acids is 1. The number of rotatable bonds is 3. The van der Waals surface area contributed by atoms with Crippen molar-refractivity contribution < 1.29 is 9.90 Å². The summed E-state index contributed by atoms with van der Waals surface area (Å²) in [6.45, 7) is 5.35. The number of aromatic nitrogens is 2.